The molecule has 2 atom stereocenters. The van der Waals surface area contributed by atoms with Gasteiger partial charge in [0.05, 0.1) is 13.2 Å². The fourth-order valence-corrected chi connectivity index (χ4v) is 2.72. The molecule has 1 fully saturated rings. The van der Waals surface area contributed by atoms with Crippen molar-refractivity contribution in [1.29, 1.82) is 0 Å². The number of methoxy groups -OCH3 is 2. The molecule has 1 aliphatic rings. The molecule has 1 aromatic carbocycles. The van der Waals surface area contributed by atoms with E-state index in [0.29, 0.717) is 13.0 Å². The van der Waals surface area contributed by atoms with Crippen LogP contribution in [0, 0.1) is 0 Å². The van der Waals surface area contributed by atoms with Crippen LogP contribution in [0.3, 0.4) is 0 Å². The van der Waals surface area contributed by atoms with Gasteiger partial charge in [-0.2, -0.15) is 0 Å². The smallest absolute Gasteiger partial charge is 0.328 e. The third-order valence-electron chi connectivity index (χ3n) is 4.18. The van der Waals surface area contributed by atoms with Crippen molar-refractivity contribution in [3.63, 3.8) is 0 Å². The summed E-state index contributed by atoms with van der Waals surface area (Å²) >= 11 is 0. The maximum atomic E-state index is 12.5. The molecule has 0 bridgehead atoms. The van der Waals surface area contributed by atoms with Crippen LogP contribution in [0.1, 0.15) is 12.0 Å². The minimum Gasteiger partial charge on any atom is -0.467 e. The molecule has 0 radical (unpaired) electrons. The maximum Gasteiger partial charge on any atom is 0.328 e. The Morgan fingerprint density at radius 2 is 1.88 bits per heavy atom. The Balaban J connectivity index is 2.07. The number of anilines is 1. The monoisotopic (exact) mass is 332 g/mol. The molecule has 1 heterocycles. The number of benzene rings is 1. The van der Waals surface area contributed by atoms with Crippen molar-refractivity contribution in [2.75, 3.05) is 39.8 Å². The zero-order chi connectivity index (χ0) is 17.7. The number of ether oxygens (including phenoxy) is 2. The molecule has 24 heavy (non-hydrogen) atoms. The minimum atomic E-state index is -0.590. The van der Waals surface area contributed by atoms with Crippen LogP contribution in [0.2, 0.25) is 0 Å². The van der Waals surface area contributed by atoms with Crippen LogP contribution in [-0.4, -0.2) is 63.8 Å². The van der Waals surface area contributed by atoms with Crippen LogP contribution >= 0.6 is 0 Å². The van der Waals surface area contributed by atoms with Crippen molar-refractivity contribution < 1.29 is 19.1 Å². The molecule has 2 unspecified atom stereocenters. The lowest BCUT2D eigenvalue weighted by molar-refractivity contribution is -0.149. The van der Waals surface area contributed by atoms with Crippen molar-refractivity contribution >= 4 is 23.6 Å². The molecule has 0 spiro atoms. The van der Waals surface area contributed by atoms with Gasteiger partial charge in [-0.25, -0.2) is 4.79 Å². The molecular formula is C18H24N2O4. The highest BCUT2D eigenvalue weighted by Crippen LogP contribution is 2.22. The minimum absolute atomic E-state index is 0.147. The van der Waals surface area contributed by atoms with E-state index in [2.05, 4.69) is 0 Å². The van der Waals surface area contributed by atoms with Crippen molar-refractivity contribution in [2.24, 2.45) is 0 Å². The van der Waals surface area contributed by atoms with Crippen LogP contribution in [0.15, 0.2) is 30.3 Å². The van der Waals surface area contributed by atoms with Gasteiger partial charge in [-0.05, 0) is 23.8 Å². The summed E-state index contributed by atoms with van der Waals surface area (Å²) in [5.41, 5.74) is 2.01. The second-order valence-corrected chi connectivity index (χ2v) is 5.94. The van der Waals surface area contributed by atoms with E-state index < -0.39 is 12.0 Å². The van der Waals surface area contributed by atoms with E-state index in [1.54, 1.807) is 13.2 Å². The number of amides is 1. The standard InChI is InChI=1S/C18H24N2O4/c1-19(2)14-8-5-13(6-9-14)7-10-17(21)20-12-15(23-3)11-16(20)18(22)24-4/h5-10,15-16H,11-12H2,1-4H3/b10-7+. The molecule has 1 aromatic rings. The normalized spacial score (nSPS) is 20.4. The van der Waals surface area contributed by atoms with Gasteiger partial charge in [0.2, 0.25) is 5.91 Å². The molecule has 1 amide bonds. The molecule has 2 rings (SSSR count). The summed E-state index contributed by atoms with van der Waals surface area (Å²) < 4.78 is 10.1. The van der Waals surface area contributed by atoms with Crippen molar-refractivity contribution in [1.82, 2.24) is 4.90 Å². The fraction of sp³-hybridized carbons (Fsp3) is 0.444. The van der Waals surface area contributed by atoms with Gasteiger partial charge in [0.1, 0.15) is 6.04 Å². The Hall–Kier alpha value is -2.34. The van der Waals surface area contributed by atoms with E-state index in [0.717, 1.165) is 11.3 Å². The van der Waals surface area contributed by atoms with Crippen LogP contribution in [-0.2, 0) is 19.1 Å². The van der Waals surface area contributed by atoms with Crippen molar-refractivity contribution in [2.45, 2.75) is 18.6 Å². The summed E-state index contributed by atoms with van der Waals surface area (Å²) in [6.07, 6.45) is 3.54. The average molecular weight is 332 g/mol. The quantitative estimate of drug-likeness (QED) is 0.605. The summed E-state index contributed by atoms with van der Waals surface area (Å²) in [5.74, 6) is -0.631. The highest BCUT2D eigenvalue weighted by molar-refractivity contribution is 5.95. The molecule has 0 aromatic heterocycles. The Morgan fingerprint density at radius 3 is 2.42 bits per heavy atom. The van der Waals surface area contributed by atoms with Crippen LogP contribution in [0.4, 0.5) is 5.69 Å². The van der Waals surface area contributed by atoms with E-state index in [9.17, 15) is 9.59 Å². The second kappa shape index (κ2) is 7.97. The molecule has 1 aliphatic heterocycles. The fourth-order valence-electron chi connectivity index (χ4n) is 2.72. The number of carbonyl (C=O) groups excluding carboxylic acids is 2. The first-order valence-electron chi connectivity index (χ1n) is 7.83. The first-order chi connectivity index (χ1) is 11.5. The van der Waals surface area contributed by atoms with Gasteiger partial charge in [0.25, 0.3) is 0 Å². The van der Waals surface area contributed by atoms with E-state index in [1.165, 1.54) is 18.1 Å². The predicted octanol–water partition coefficient (Wildman–Crippen LogP) is 1.55. The molecule has 0 N–H and O–H groups in total. The number of rotatable bonds is 5. The zero-order valence-corrected chi connectivity index (χ0v) is 14.6. The molecule has 1 saturated heterocycles. The Labute approximate surface area is 142 Å². The molecule has 130 valence electrons. The summed E-state index contributed by atoms with van der Waals surface area (Å²) in [4.78, 5) is 27.8. The lowest BCUT2D eigenvalue weighted by Gasteiger charge is -2.20. The van der Waals surface area contributed by atoms with Gasteiger partial charge in [-0.1, -0.05) is 12.1 Å². The molecular weight excluding hydrogens is 308 g/mol. The van der Waals surface area contributed by atoms with E-state index in [1.807, 2.05) is 43.3 Å². The maximum absolute atomic E-state index is 12.5. The van der Waals surface area contributed by atoms with Gasteiger partial charge in [-0.3, -0.25) is 4.79 Å². The molecule has 0 saturated carbocycles. The van der Waals surface area contributed by atoms with Crippen LogP contribution in [0.25, 0.3) is 6.08 Å². The highest BCUT2D eigenvalue weighted by Gasteiger charge is 2.39. The van der Waals surface area contributed by atoms with E-state index >= 15 is 0 Å². The van der Waals surface area contributed by atoms with Crippen molar-refractivity contribution in [3.8, 4) is 0 Å². The van der Waals surface area contributed by atoms with Gasteiger partial charge < -0.3 is 19.3 Å². The molecule has 6 heteroatoms. The first-order valence-corrected chi connectivity index (χ1v) is 7.83. The van der Waals surface area contributed by atoms with Crippen LogP contribution in [0.5, 0.6) is 0 Å². The number of nitrogens with zero attached hydrogens (tertiary/aromatic N) is 2. The lowest BCUT2D eigenvalue weighted by atomic mass is 10.1. The topological polar surface area (TPSA) is 59.1 Å². The lowest BCUT2D eigenvalue weighted by Crippen LogP contribution is -2.40. The van der Waals surface area contributed by atoms with Crippen LogP contribution < -0.4 is 4.90 Å². The number of hydrogen-bond donors (Lipinski definition) is 0. The van der Waals surface area contributed by atoms with Gasteiger partial charge in [0.15, 0.2) is 0 Å². The van der Waals surface area contributed by atoms with Gasteiger partial charge >= 0.3 is 5.97 Å². The van der Waals surface area contributed by atoms with Gasteiger partial charge in [-0.15, -0.1) is 0 Å². The summed E-state index contributed by atoms with van der Waals surface area (Å²) in [5, 5.41) is 0. The number of likely N-dealkylation sites (tertiary alicyclic amines) is 1. The second-order valence-electron chi connectivity index (χ2n) is 5.94. The third kappa shape index (κ3) is 4.14. The SMILES string of the molecule is COC(=O)C1CC(OC)CN1C(=O)/C=C/c1ccc(N(C)C)cc1. The first kappa shape index (κ1) is 18.0. The predicted molar refractivity (Wildman–Crippen MR) is 92.7 cm³/mol. The number of esters is 1. The summed E-state index contributed by atoms with van der Waals surface area (Å²) in [7, 11) is 6.85. The van der Waals surface area contributed by atoms with Crippen molar-refractivity contribution in [3.05, 3.63) is 35.9 Å². The van der Waals surface area contributed by atoms with Gasteiger partial charge in [0, 0.05) is 45.9 Å². The Morgan fingerprint density at radius 1 is 1.21 bits per heavy atom. The third-order valence-corrected chi connectivity index (χ3v) is 4.18. The zero-order valence-electron chi connectivity index (χ0n) is 14.6. The van der Waals surface area contributed by atoms with E-state index in [-0.39, 0.29) is 12.0 Å². The largest absolute Gasteiger partial charge is 0.467 e. The number of carbonyl (C=O) groups is 2. The Bertz CT molecular complexity index is 610. The summed E-state index contributed by atoms with van der Waals surface area (Å²) in [6.45, 7) is 0.388. The number of hydrogen-bond acceptors (Lipinski definition) is 5. The average Bonchev–Trinajstić information content (AvgIpc) is 3.03. The summed E-state index contributed by atoms with van der Waals surface area (Å²) in [6, 6.07) is 7.27. The molecule has 0 aliphatic carbocycles. The Kier molecular flexibility index (Phi) is 5.98. The molecule has 6 nitrogen and oxygen atoms in total. The van der Waals surface area contributed by atoms with E-state index in [4.69, 9.17) is 9.47 Å². The highest BCUT2D eigenvalue weighted by atomic mass is 16.5.